The SMILES string of the molecule is COC1C[C@]12C[C@H](OC(C)=O)CC(OC(C)=O)O2. The van der Waals surface area contributed by atoms with Crippen LogP contribution in [0.3, 0.4) is 0 Å². The van der Waals surface area contributed by atoms with Crippen LogP contribution in [0.5, 0.6) is 0 Å². The molecule has 0 bridgehead atoms. The number of esters is 2. The van der Waals surface area contributed by atoms with Crippen molar-refractivity contribution in [2.45, 2.75) is 57.2 Å². The largest absolute Gasteiger partial charge is 0.462 e. The first-order valence-electron chi connectivity index (χ1n) is 6.00. The van der Waals surface area contributed by atoms with E-state index in [1.807, 2.05) is 0 Å². The molecule has 18 heavy (non-hydrogen) atoms. The lowest BCUT2D eigenvalue weighted by Gasteiger charge is -2.34. The Morgan fingerprint density at radius 2 is 1.83 bits per heavy atom. The molecule has 2 unspecified atom stereocenters. The van der Waals surface area contributed by atoms with Gasteiger partial charge in [-0.15, -0.1) is 0 Å². The first-order valence-corrected chi connectivity index (χ1v) is 6.00. The van der Waals surface area contributed by atoms with Crippen molar-refractivity contribution < 1.29 is 28.5 Å². The van der Waals surface area contributed by atoms with Gasteiger partial charge in [0.2, 0.25) is 6.29 Å². The predicted octanol–water partition coefficient (Wildman–Crippen LogP) is 0.775. The van der Waals surface area contributed by atoms with Crippen molar-refractivity contribution in [1.82, 2.24) is 0 Å². The summed E-state index contributed by atoms with van der Waals surface area (Å²) in [6, 6.07) is 0. The summed E-state index contributed by atoms with van der Waals surface area (Å²) in [5, 5.41) is 0. The van der Waals surface area contributed by atoms with Gasteiger partial charge in [-0.3, -0.25) is 9.59 Å². The van der Waals surface area contributed by atoms with Gasteiger partial charge in [-0.1, -0.05) is 0 Å². The summed E-state index contributed by atoms with van der Waals surface area (Å²) < 4.78 is 21.3. The lowest BCUT2D eigenvalue weighted by molar-refractivity contribution is -0.232. The third kappa shape index (κ3) is 2.81. The first kappa shape index (κ1) is 13.3. The summed E-state index contributed by atoms with van der Waals surface area (Å²) in [5.74, 6) is -0.749. The standard InChI is InChI=1S/C12H18O6/c1-7(13)16-9-4-11(17-8(2)14)18-12(5-9)6-10(12)15-3/h9-11H,4-6H2,1-3H3/t9-,10?,11?,12-/m1/s1. The van der Waals surface area contributed by atoms with Gasteiger partial charge in [0.05, 0.1) is 6.10 Å². The van der Waals surface area contributed by atoms with E-state index in [4.69, 9.17) is 18.9 Å². The van der Waals surface area contributed by atoms with Crippen molar-refractivity contribution in [2.24, 2.45) is 0 Å². The number of hydrogen-bond donors (Lipinski definition) is 0. The Bertz CT molecular complexity index is 328. The van der Waals surface area contributed by atoms with Crippen molar-refractivity contribution in [2.75, 3.05) is 7.11 Å². The van der Waals surface area contributed by atoms with Gasteiger partial charge in [0.1, 0.15) is 11.7 Å². The lowest BCUT2D eigenvalue weighted by Crippen LogP contribution is -2.43. The van der Waals surface area contributed by atoms with Gasteiger partial charge >= 0.3 is 11.9 Å². The van der Waals surface area contributed by atoms with E-state index < -0.39 is 17.9 Å². The molecule has 1 aliphatic carbocycles. The summed E-state index contributed by atoms with van der Waals surface area (Å²) in [4.78, 5) is 22.0. The van der Waals surface area contributed by atoms with E-state index in [1.54, 1.807) is 7.11 Å². The van der Waals surface area contributed by atoms with Gasteiger partial charge < -0.3 is 18.9 Å². The predicted molar refractivity (Wildman–Crippen MR) is 59.6 cm³/mol. The summed E-state index contributed by atoms with van der Waals surface area (Å²) in [6.07, 6.45) is 0.717. The molecule has 0 radical (unpaired) electrons. The second-order valence-electron chi connectivity index (χ2n) is 4.82. The van der Waals surface area contributed by atoms with E-state index in [2.05, 4.69) is 0 Å². The lowest BCUT2D eigenvalue weighted by atomic mass is 10.0. The molecular weight excluding hydrogens is 240 g/mol. The molecule has 0 aromatic rings. The molecule has 0 N–H and O–H groups in total. The molecule has 0 aromatic heterocycles. The number of carbonyl (C=O) groups excluding carboxylic acids is 2. The van der Waals surface area contributed by atoms with Crippen molar-refractivity contribution in [1.29, 1.82) is 0 Å². The summed E-state index contributed by atoms with van der Waals surface area (Å²) in [7, 11) is 1.61. The van der Waals surface area contributed by atoms with Crippen molar-refractivity contribution in [3.63, 3.8) is 0 Å². The molecule has 0 aromatic carbocycles. The number of methoxy groups -OCH3 is 1. The highest BCUT2D eigenvalue weighted by molar-refractivity contribution is 5.66. The molecule has 6 heteroatoms. The van der Waals surface area contributed by atoms with Crippen molar-refractivity contribution >= 4 is 11.9 Å². The maximum atomic E-state index is 11.0. The Balaban J connectivity index is 2.02. The molecule has 1 saturated carbocycles. The van der Waals surface area contributed by atoms with E-state index in [0.29, 0.717) is 12.8 Å². The van der Waals surface area contributed by atoms with E-state index in [0.717, 1.165) is 6.42 Å². The smallest absolute Gasteiger partial charge is 0.304 e. The Hall–Kier alpha value is -1.14. The van der Waals surface area contributed by atoms with Crippen LogP contribution in [-0.4, -0.2) is 43.1 Å². The molecule has 102 valence electrons. The fraction of sp³-hybridized carbons (Fsp3) is 0.833. The van der Waals surface area contributed by atoms with Crippen LogP contribution in [0.2, 0.25) is 0 Å². The van der Waals surface area contributed by atoms with Crippen LogP contribution in [0.25, 0.3) is 0 Å². The Kier molecular flexibility index (Phi) is 3.59. The van der Waals surface area contributed by atoms with Crippen LogP contribution in [0.4, 0.5) is 0 Å². The van der Waals surface area contributed by atoms with E-state index in [1.165, 1.54) is 13.8 Å². The molecule has 2 aliphatic rings. The van der Waals surface area contributed by atoms with Crippen LogP contribution < -0.4 is 0 Å². The molecule has 2 fully saturated rings. The first-order chi connectivity index (χ1) is 8.45. The maximum absolute atomic E-state index is 11.0. The molecule has 0 amide bonds. The number of carbonyl (C=O) groups is 2. The summed E-state index contributed by atoms with van der Waals surface area (Å²) in [6.45, 7) is 2.69. The Labute approximate surface area is 106 Å². The highest BCUT2D eigenvalue weighted by Crippen LogP contribution is 2.50. The molecule has 1 spiro atoms. The zero-order valence-electron chi connectivity index (χ0n) is 10.8. The quantitative estimate of drug-likeness (QED) is 0.696. The maximum Gasteiger partial charge on any atom is 0.304 e. The number of rotatable bonds is 3. The normalized spacial score (nSPS) is 38.3. The van der Waals surface area contributed by atoms with Gasteiger partial charge in [-0.25, -0.2) is 0 Å². The van der Waals surface area contributed by atoms with Crippen LogP contribution in [-0.2, 0) is 28.5 Å². The van der Waals surface area contributed by atoms with E-state index in [9.17, 15) is 9.59 Å². The summed E-state index contributed by atoms with van der Waals surface area (Å²) >= 11 is 0. The number of ether oxygens (including phenoxy) is 4. The second-order valence-corrected chi connectivity index (χ2v) is 4.82. The minimum atomic E-state index is -0.666. The van der Waals surface area contributed by atoms with Crippen LogP contribution >= 0.6 is 0 Å². The third-order valence-corrected chi connectivity index (χ3v) is 3.27. The Morgan fingerprint density at radius 3 is 2.33 bits per heavy atom. The number of hydrogen-bond acceptors (Lipinski definition) is 6. The molecule has 1 heterocycles. The topological polar surface area (TPSA) is 71.1 Å². The minimum Gasteiger partial charge on any atom is -0.462 e. The van der Waals surface area contributed by atoms with Gasteiger partial charge in [0, 0.05) is 40.2 Å². The minimum absolute atomic E-state index is 0.0195. The molecule has 2 rings (SSSR count). The van der Waals surface area contributed by atoms with Crippen LogP contribution in [0.1, 0.15) is 33.1 Å². The molecule has 1 aliphatic heterocycles. The average molecular weight is 258 g/mol. The summed E-state index contributed by atoms with van der Waals surface area (Å²) in [5.41, 5.74) is -0.465. The zero-order valence-corrected chi connectivity index (χ0v) is 10.8. The third-order valence-electron chi connectivity index (χ3n) is 3.27. The van der Waals surface area contributed by atoms with Gasteiger partial charge in [0.25, 0.3) is 0 Å². The molecule has 4 atom stereocenters. The molecular formula is C12H18O6. The second kappa shape index (κ2) is 4.85. The zero-order chi connectivity index (χ0) is 13.3. The fourth-order valence-electron chi connectivity index (χ4n) is 2.51. The Morgan fingerprint density at radius 1 is 1.17 bits per heavy atom. The van der Waals surface area contributed by atoms with Crippen LogP contribution in [0, 0.1) is 0 Å². The van der Waals surface area contributed by atoms with Crippen LogP contribution in [0.15, 0.2) is 0 Å². The van der Waals surface area contributed by atoms with Gasteiger partial charge in [-0.2, -0.15) is 0 Å². The van der Waals surface area contributed by atoms with Gasteiger partial charge in [-0.05, 0) is 0 Å². The highest BCUT2D eigenvalue weighted by atomic mass is 16.7. The van der Waals surface area contributed by atoms with E-state index >= 15 is 0 Å². The van der Waals surface area contributed by atoms with E-state index in [-0.39, 0.29) is 18.2 Å². The van der Waals surface area contributed by atoms with Gasteiger partial charge in [0.15, 0.2) is 0 Å². The van der Waals surface area contributed by atoms with Crippen molar-refractivity contribution in [3.05, 3.63) is 0 Å². The monoisotopic (exact) mass is 258 g/mol. The van der Waals surface area contributed by atoms with Crippen molar-refractivity contribution in [3.8, 4) is 0 Å². The molecule has 6 nitrogen and oxygen atoms in total. The fourth-order valence-corrected chi connectivity index (χ4v) is 2.51. The average Bonchev–Trinajstić information content (AvgIpc) is 2.87. The highest BCUT2D eigenvalue weighted by Gasteiger charge is 2.61. The molecule has 1 saturated heterocycles.